The van der Waals surface area contributed by atoms with Crippen molar-refractivity contribution >= 4 is 23.2 Å². The molecule has 2 aromatic rings. The molecule has 0 aliphatic heterocycles. The molecule has 0 saturated carbocycles. The largest absolute Gasteiger partial charge is 0.496 e. The number of rotatable bonds is 5. The molecular weight excluding hydrogens is 305 g/mol. The molecular formula is C17H19Cl2NO. The second-order valence-corrected chi connectivity index (χ2v) is 5.73. The number of ether oxygens (including phenoxy) is 1. The number of nitrogens with one attached hydrogen (secondary N) is 1. The lowest BCUT2D eigenvalue weighted by atomic mass is 9.97. The Hall–Kier alpha value is -1.22. The molecule has 2 rings (SSSR count). The van der Waals surface area contributed by atoms with Crippen LogP contribution in [0.3, 0.4) is 0 Å². The van der Waals surface area contributed by atoms with Crippen LogP contribution >= 0.6 is 23.2 Å². The van der Waals surface area contributed by atoms with Crippen LogP contribution in [-0.2, 0) is 0 Å². The molecule has 112 valence electrons. The first-order valence-electron chi connectivity index (χ1n) is 6.89. The molecule has 0 saturated heterocycles. The van der Waals surface area contributed by atoms with E-state index >= 15 is 0 Å². The van der Waals surface area contributed by atoms with E-state index in [-0.39, 0.29) is 6.04 Å². The minimum atomic E-state index is 0.00858. The van der Waals surface area contributed by atoms with Gasteiger partial charge in [-0.1, -0.05) is 48.3 Å². The molecule has 0 fully saturated rings. The van der Waals surface area contributed by atoms with Gasteiger partial charge in [0, 0.05) is 10.0 Å². The third-order valence-corrected chi connectivity index (χ3v) is 4.01. The lowest BCUT2D eigenvalue weighted by Gasteiger charge is -2.21. The molecule has 0 bridgehead atoms. The first-order valence-corrected chi connectivity index (χ1v) is 7.65. The first kappa shape index (κ1) is 16.2. The van der Waals surface area contributed by atoms with Gasteiger partial charge in [0.15, 0.2) is 0 Å². The molecule has 2 nitrogen and oxygen atoms in total. The Labute approximate surface area is 136 Å². The van der Waals surface area contributed by atoms with E-state index in [9.17, 15) is 0 Å². The highest BCUT2D eigenvalue weighted by atomic mass is 35.5. The molecule has 0 heterocycles. The molecule has 0 amide bonds. The van der Waals surface area contributed by atoms with Crippen molar-refractivity contribution in [3.05, 3.63) is 63.1 Å². The zero-order chi connectivity index (χ0) is 15.4. The van der Waals surface area contributed by atoms with Gasteiger partial charge in [-0.05, 0) is 48.4 Å². The second kappa shape index (κ2) is 7.17. The zero-order valence-corrected chi connectivity index (χ0v) is 13.9. The standard InChI is InChI=1S/C17H19Cl2NO/c1-4-20-17(14-8-7-13(18)10-15(14)19)12-6-5-11(2)16(9-12)21-3/h5-10,17,20H,4H2,1-3H3. The average molecular weight is 324 g/mol. The van der Waals surface area contributed by atoms with Crippen LogP contribution in [0.2, 0.25) is 10.0 Å². The van der Waals surface area contributed by atoms with Crippen LogP contribution in [0.15, 0.2) is 36.4 Å². The van der Waals surface area contributed by atoms with Gasteiger partial charge in [-0.25, -0.2) is 0 Å². The van der Waals surface area contributed by atoms with Gasteiger partial charge >= 0.3 is 0 Å². The first-order chi connectivity index (χ1) is 10.1. The van der Waals surface area contributed by atoms with Crippen molar-refractivity contribution in [1.82, 2.24) is 5.32 Å². The highest BCUT2D eigenvalue weighted by Crippen LogP contribution is 2.32. The van der Waals surface area contributed by atoms with E-state index in [1.165, 1.54) is 0 Å². The maximum Gasteiger partial charge on any atom is 0.122 e. The molecule has 21 heavy (non-hydrogen) atoms. The Morgan fingerprint density at radius 3 is 2.52 bits per heavy atom. The number of methoxy groups -OCH3 is 1. The highest BCUT2D eigenvalue weighted by molar-refractivity contribution is 6.35. The van der Waals surface area contributed by atoms with E-state index in [0.29, 0.717) is 10.0 Å². The van der Waals surface area contributed by atoms with E-state index in [1.54, 1.807) is 13.2 Å². The summed E-state index contributed by atoms with van der Waals surface area (Å²) in [6.45, 7) is 4.93. The lowest BCUT2D eigenvalue weighted by Crippen LogP contribution is -2.22. The van der Waals surface area contributed by atoms with Crippen molar-refractivity contribution in [3.63, 3.8) is 0 Å². The molecule has 4 heteroatoms. The van der Waals surface area contributed by atoms with E-state index in [0.717, 1.165) is 29.0 Å². The van der Waals surface area contributed by atoms with Crippen molar-refractivity contribution in [3.8, 4) is 5.75 Å². The molecule has 0 radical (unpaired) electrons. The lowest BCUT2D eigenvalue weighted by molar-refractivity contribution is 0.410. The van der Waals surface area contributed by atoms with Crippen LogP contribution in [0.5, 0.6) is 5.75 Å². The van der Waals surface area contributed by atoms with E-state index < -0.39 is 0 Å². The maximum absolute atomic E-state index is 6.36. The summed E-state index contributed by atoms with van der Waals surface area (Å²) in [5.41, 5.74) is 3.23. The number of hydrogen-bond donors (Lipinski definition) is 1. The minimum absolute atomic E-state index is 0.00858. The molecule has 1 N–H and O–H groups in total. The molecule has 0 aliphatic rings. The Kier molecular flexibility index (Phi) is 5.51. The Morgan fingerprint density at radius 2 is 1.90 bits per heavy atom. The average Bonchev–Trinajstić information content (AvgIpc) is 2.46. The van der Waals surface area contributed by atoms with Crippen LogP contribution in [0.1, 0.15) is 29.7 Å². The fourth-order valence-electron chi connectivity index (χ4n) is 2.36. The highest BCUT2D eigenvalue weighted by Gasteiger charge is 2.17. The van der Waals surface area contributed by atoms with Gasteiger partial charge in [-0.2, -0.15) is 0 Å². The van der Waals surface area contributed by atoms with Crippen molar-refractivity contribution in [2.24, 2.45) is 0 Å². The Bertz CT molecular complexity index is 628. The van der Waals surface area contributed by atoms with Crippen LogP contribution in [0.25, 0.3) is 0 Å². The quantitative estimate of drug-likeness (QED) is 0.835. The van der Waals surface area contributed by atoms with Gasteiger partial charge in [0.25, 0.3) is 0 Å². The zero-order valence-electron chi connectivity index (χ0n) is 12.4. The summed E-state index contributed by atoms with van der Waals surface area (Å²) < 4.78 is 5.42. The van der Waals surface area contributed by atoms with Crippen LogP contribution in [-0.4, -0.2) is 13.7 Å². The second-order valence-electron chi connectivity index (χ2n) is 4.89. The predicted octanol–water partition coefficient (Wildman–Crippen LogP) is 5.01. The summed E-state index contributed by atoms with van der Waals surface area (Å²) >= 11 is 12.3. The van der Waals surface area contributed by atoms with Gasteiger partial charge in [-0.3, -0.25) is 0 Å². The summed E-state index contributed by atoms with van der Waals surface area (Å²) in [7, 11) is 1.68. The van der Waals surface area contributed by atoms with Gasteiger partial charge in [-0.15, -0.1) is 0 Å². The predicted molar refractivity (Wildman–Crippen MR) is 89.7 cm³/mol. The Balaban J connectivity index is 2.47. The van der Waals surface area contributed by atoms with Crippen molar-refractivity contribution < 1.29 is 4.74 Å². The van der Waals surface area contributed by atoms with Gasteiger partial charge in [0.05, 0.1) is 13.2 Å². The SMILES string of the molecule is CCNC(c1ccc(C)c(OC)c1)c1ccc(Cl)cc1Cl. The Morgan fingerprint density at radius 1 is 1.14 bits per heavy atom. The third-order valence-electron chi connectivity index (χ3n) is 3.45. The third kappa shape index (κ3) is 3.70. The normalized spacial score (nSPS) is 12.2. The molecule has 0 spiro atoms. The molecule has 1 atom stereocenters. The van der Waals surface area contributed by atoms with E-state index in [4.69, 9.17) is 27.9 Å². The minimum Gasteiger partial charge on any atom is -0.496 e. The topological polar surface area (TPSA) is 21.3 Å². The van der Waals surface area contributed by atoms with Crippen LogP contribution in [0.4, 0.5) is 0 Å². The fraction of sp³-hybridized carbons (Fsp3) is 0.294. The van der Waals surface area contributed by atoms with Crippen LogP contribution < -0.4 is 10.1 Å². The van der Waals surface area contributed by atoms with Gasteiger partial charge in [0.2, 0.25) is 0 Å². The summed E-state index contributed by atoms with van der Waals surface area (Å²) in [4.78, 5) is 0. The fourth-order valence-corrected chi connectivity index (χ4v) is 2.88. The number of benzene rings is 2. The van der Waals surface area contributed by atoms with E-state index in [1.807, 2.05) is 25.1 Å². The molecule has 0 aromatic heterocycles. The summed E-state index contributed by atoms with van der Waals surface area (Å²) in [6, 6.07) is 11.8. The molecule has 1 unspecified atom stereocenters. The van der Waals surface area contributed by atoms with Crippen molar-refractivity contribution in [2.45, 2.75) is 19.9 Å². The summed E-state index contributed by atoms with van der Waals surface area (Å²) in [5, 5.41) is 4.76. The van der Waals surface area contributed by atoms with E-state index in [2.05, 4.69) is 24.4 Å². The number of hydrogen-bond acceptors (Lipinski definition) is 2. The van der Waals surface area contributed by atoms with Gasteiger partial charge in [0.1, 0.15) is 5.75 Å². The van der Waals surface area contributed by atoms with Crippen molar-refractivity contribution in [1.29, 1.82) is 0 Å². The molecule has 0 aliphatic carbocycles. The summed E-state index contributed by atoms with van der Waals surface area (Å²) in [6.07, 6.45) is 0. The molecule has 2 aromatic carbocycles. The monoisotopic (exact) mass is 323 g/mol. The van der Waals surface area contributed by atoms with Crippen molar-refractivity contribution in [2.75, 3.05) is 13.7 Å². The maximum atomic E-state index is 6.36. The van der Waals surface area contributed by atoms with Crippen LogP contribution in [0, 0.1) is 6.92 Å². The summed E-state index contributed by atoms with van der Waals surface area (Å²) in [5.74, 6) is 0.875. The number of halogens is 2. The number of aryl methyl sites for hydroxylation is 1. The smallest absolute Gasteiger partial charge is 0.122 e. The van der Waals surface area contributed by atoms with Gasteiger partial charge < -0.3 is 10.1 Å².